The summed E-state index contributed by atoms with van der Waals surface area (Å²) in [7, 11) is 2.51. The van der Waals surface area contributed by atoms with E-state index in [1.807, 2.05) is 6.07 Å². The van der Waals surface area contributed by atoms with Crippen LogP contribution in [0.4, 0.5) is 4.79 Å². The molecule has 0 aromatic heterocycles. The second kappa shape index (κ2) is 5.15. The molecule has 1 saturated heterocycles. The predicted octanol–water partition coefficient (Wildman–Crippen LogP) is 0.893. The molecule has 1 heterocycles. The lowest BCUT2D eigenvalue weighted by Gasteiger charge is -2.26. The smallest absolute Gasteiger partial charge is 0.417 e. The molecule has 106 valence electrons. The number of amides is 2. The van der Waals surface area contributed by atoms with Crippen LogP contribution in [0.3, 0.4) is 0 Å². The van der Waals surface area contributed by atoms with Crippen molar-refractivity contribution in [3.05, 3.63) is 0 Å². The third kappa shape index (κ3) is 2.69. The normalized spacial score (nSPS) is 22.2. The van der Waals surface area contributed by atoms with Crippen LogP contribution < -0.4 is 0 Å². The number of ether oxygens (including phenoxy) is 3. The first-order valence-corrected chi connectivity index (χ1v) is 5.76. The van der Waals surface area contributed by atoms with E-state index >= 15 is 0 Å². The van der Waals surface area contributed by atoms with Gasteiger partial charge in [-0.2, -0.15) is 5.26 Å². The molecule has 7 nitrogen and oxygen atoms in total. The van der Waals surface area contributed by atoms with Crippen molar-refractivity contribution < 1.29 is 23.8 Å². The van der Waals surface area contributed by atoms with Crippen molar-refractivity contribution in [2.24, 2.45) is 5.92 Å². The lowest BCUT2D eigenvalue weighted by atomic mass is 10.0. The molecule has 0 radical (unpaired) electrons. The minimum Gasteiger partial charge on any atom is -0.443 e. The van der Waals surface area contributed by atoms with Crippen LogP contribution in [0.1, 0.15) is 20.8 Å². The van der Waals surface area contributed by atoms with Gasteiger partial charge >= 0.3 is 6.09 Å². The summed E-state index contributed by atoms with van der Waals surface area (Å²) in [5, 5.41) is 9.07. The monoisotopic (exact) mass is 270 g/mol. The third-order valence-corrected chi connectivity index (χ3v) is 2.74. The summed E-state index contributed by atoms with van der Waals surface area (Å²) < 4.78 is 15.2. The highest BCUT2D eigenvalue weighted by molar-refractivity contribution is 5.98. The van der Waals surface area contributed by atoms with Gasteiger partial charge in [0.1, 0.15) is 11.5 Å². The maximum Gasteiger partial charge on any atom is 0.417 e. The lowest BCUT2D eigenvalue weighted by Crippen LogP contribution is -2.48. The van der Waals surface area contributed by atoms with Crippen LogP contribution >= 0.6 is 0 Å². The van der Waals surface area contributed by atoms with Gasteiger partial charge in [0.2, 0.25) is 0 Å². The first-order chi connectivity index (χ1) is 8.71. The molecule has 7 heteroatoms. The molecule has 0 aromatic rings. The summed E-state index contributed by atoms with van der Waals surface area (Å²) in [6, 6.07) is 1.91. The molecule has 1 unspecified atom stereocenters. The van der Waals surface area contributed by atoms with Crippen LogP contribution in [-0.4, -0.2) is 49.1 Å². The number of carbonyl (C=O) groups is 2. The Hall–Kier alpha value is -1.65. The summed E-state index contributed by atoms with van der Waals surface area (Å²) in [5.41, 5.74) is -0.731. The Labute approximate surface area is 112 Å². The van der Waals surface area contributed by atoms with Crippen molar-refractivity contribution in [1.82, 2.24) is 4.90 Å². The summed E-state index contributed by atoms with van der Waals surface area (Å²) in [6.07, 6.45) is -0.811. The number of hydrogen-bond acceptors (Lipinski definition) is 6. The number of nitriles is 1. The third-order valence-electron chi connectivity index (χ3n) is 2.74. The zero-order valence-electron chi connectivity index (χ0n) is 11.7. The van der Waals surface area contributed by atoms with E-state index in [4.69, 9.17) is 19.5 Å². The van der Waals surface area contributed by atoms with Crippen LogP contribution in [0.25, 0.3) is 0 Å². The molecule has 1 aliphatic heterocycles. The maximum atomic E-state index is 12.2. The van der Waals surface area contributed by atoms with E-state index in [-0.39, 0.29) is 6.54 Å². The number of methoxy groups -OCH3 is 2. The number of nitrogens with zero attached hydrogens (tertiary/aromatic N) is 2. The molecule has 0 N–H and O–H groups in total. The molecule has 0 spiro atoms. The summed E-state index contributed by atoms with van der Waals surface area (Å²) in [4.78, 5) is 25.0. The van der Waals surface area contributed by atoms with Gasteiger partial charge in [-0.3, -0.25) is 4.79 Å². The van der Waals surface area contributed by atoms with Crippen LogP contribution in [0.2, 0.25) is 0 Å². The van der Waals surface area contributed by atoms with Crippen molar-refractivity contribution in [2.45, 2.75) is 32.2 Å². The van der Waals surface area contributed by atoms with Crippen molar-refractivity contribution in [3.63, 3.8) is 0 Å². The number of rotatable bonds is 2. The molecule has 2 amide bonds. The van der Waals surface area contributed by atoms with E-state index < -0.39 is 29.3 Å². The Balaban J connectivity index is 3.00. The van der Waals surface area contributed by atoms with E-state index in [0.717, 1.165) is 4.90 Å². The van der Waals surface area contributed by atoms with Gasteiger partial charge in [-0.05, 0) is 20.8 Å². The summed E-state index contributed by atoms with van der Waals surface area (Å²) in [5.74, 6) is -3.37. The topological polar surface area (TPSA) is 88.9 Å². The second-order valence-corrected chi connectivity index (χ2v) is 5.15. The van der Waals surface area contributed by atoms with Crippen LogP contribution in [0.15, 0.2) is 0 Å². The SMILES string of the molecule is COC1(OC)C(=O)N(C(=O)OC(C)(C)C)CC1C#N. The standard InChI is InChI=1S/C12H18N2O5/c1-11(2,3)19-10(16)14-7-8(6-13)12(17-4,18-5)9(14)15/h8H,7H2,1-5H3. The Bertz CT molecular complexity index is 417. The minimum absolute atomic E-state index is 0.119. The molecule has 1 rings (SSSR count). The molecule has 0 aliphatic carbocycles. The van der Waals surface area contributed by atoms with Crippen molar-refractivity contribution in [3.8, 4) is 6.07 Å². The highest BCUT2D eigenvalue weighted by Crippen LogP contribution is 2.33. The van der Waals surface area contributed by atoms with Gasteiger partial charge in [0, 0.05) is 14.2 Å². The Morgan fingerprint density at radius 3 is 2.26 bits per heavy atom. The van der Waals surface area contributed by atoms with E-state index in [1.54, 1.807) is 20.8 Å². The van der Waals surface area contributed by atoms with Gasteiger partial charge in [0.25, 0.3) is 11.7 Å². The van der Waals surface area contributed by atoms with E-state index in [0.29, 0.717) is 0 Å². The molecule has 0 bridgehead atoms. The van der Waals surface area contributed by atoms with Crippen molar-refractivity contribution in [1.29, 1.82) is 5.26 Å². The van der Waals surface area contributed by atoms with E-state index in [2.05, 4.69) is 0 Å². The van der Waals surface area contributed by atoms with Gasteiger partial charge in [0.15, 0.2) is 0 Å². The Kier molecular flexibility index (Phi) is 4.18. The van der Waals surface area contributed by atoms with Gasteiger partial charge in [0.05, 0.1) is 12.6 Å². The van der Waals surface area contributed by atoms with Gasteiger partial charge in [-0.25, -0.2) is 9.69 Å². The average Bonchev–Trinajstić information content (AvgIpc) is 2.60. The molecule has 1 atom stereocenters. The quantitative estimate of drug-likeness (QED) is 0.692. The molecule has 1 fully saturated rings. The molecular formula is C12H18N2O5. The fourth-order valence-corrected chi connectivity index (χ4v) is 1.87. The van der Waals surface area contributed by atoms with Gasteiger partial charge < -0.3 is 14.2 Å². The molecule has 0 aromatic carbocycles. The number of carbonyl (C=O) groups excluding carboxylic acids is 2. The van der Waals surface area contributed by atoms with Crippen molar-refractivity contribution in [2.75, 3.05) is 20.8 Å². The van der Waals surface area contributed by atoms with Gasteiger partial charge in [-0.15, -0.1) is 0 Å². The number of likely N-dealkylation sites (tertiary alicyclic amines) is 1. The van der Waals surface area contributed by atoms with Crippen LogP contribution in [0, 0.1) is 17.2 Å². The van der Waals surface area contributed by atoms with Crippen molar-refractivity contribution >= 4 is 12.0 Å². The maximum absolute atomic E-state index is 12.2. The van der Waals surface area contributed by atoms with Gasteiger partial charge in [-0.1, -0.05) is 0 Å². The highest BCUT2D eigenvalue weighted by Gasteiger charge is 2.58. The lowest BCUT2D eigenvalue weighted by molar-refractivity contribution is -0.214. The Morgan fingerprint density at radius 2 is 1.95 bits per heavy atom. The fourth-order valence-electron chi connectivity index (χ4n) is 1.87. The second-order valence-electron chi connectivity index (χ2n) is 5.15. The highest BCUT2D eigenvalue weighted by atomic mass is 16.7. The first-order valence-electron chi connectivity index (χ1n) is 5.76. The largest absolute Gasteiger partial charge is 0.443 e. The van der Waals surface area contributed by atoms with E-state index in [9.17, 15) is 9.59 Å². The minimum atomic E-state index is -1.74. The average molecular weight is 270 g/mol. The van der Waals surface area contributed by atoms with E-state index in [1.165, 1.54) is 14.2 Å². The summed E-state index contributed by atoms with van der Waals surface area (Å²) in [6.45, 7) is 4.94. The summed E-state index contributed by atoms with van der Waals surface area (Å²) >= 11 is 0. The molecule has 1 aliphatic rings. The number of hydrogen-bond donors (Lipinski definition) is 0. The fraction of sp³-hybridized carbons (Fsp3) is 0.750. The van der Waals surface area contributed by atoms with Crippen LogP contribution in [-0.2, 0) is 19.0 Å². The van der Waals surface area contributed by atoms with Crippen LogP contribution in [0.5, 0.6) is 0 Å². The molecule has 19 heavy (non-hydrogen) atoms. The Morgan fingerprint density at radius 1 is 1.42 bits per heavy atom. The first kappa shape index (κ1) is 15.4. The number of imide groups is 1. The predicted molar refractivity (Wildman–Crippen MR) is 63.8 cm³/mol. The zero-order chi connectivity index (χ0) is 14.8. The molecule has 0 saturated carbocycles. The zero-order valence-corrected chi connectivity index (χ0v) is 11.7. The molecular weight excluding hydrogens is 252 g/mol.